The van der Waals surface area contributed by atoms with Gasteiger partial charge in [0, 0.05) is 63.3 Å². The largest absolute Gasteiger partial charge is 0.453 e. The fourth-order valence-electron chi connectivity index (χ4n) is 11.2. The Morgan fingerprint density at radius 1 is 0.873 bits per heavy atom. The Labute approximate surface area is 369 Å². The van der Waals surface area contributed by atoms with Gasteiger partial charge in [-0.3, -0.25) is 9.69 Å². The molecule has 0 aromatic heterocycles. The summed E-state index contributed by atoms with van der Waals surface area (Å²) in [6, 6.07) is 10.2. The number of carbonyl (C=O) groups is 3. The molecule has 344 valence electrons. The fourth-order valence-corrected chi connectivity index (χ4v) is 13.0. The molecule has 6 fully saturated rings. The predicted molar refractivity (Wildman–Crippen MR) is 233 cm³/mol. The van der Waals surface area contributed by atoms with Gasteiger partial charge in [0.1, 0.15) is 11.6 Å². The number of halogens is 3. The van der Waals surface area contributed by atoms with Crippen molar-refractivity contribution in [3.05, 3.63) is 71.8 Å². The molecule has 5 heterocycles. The van der Waals surface area contributed by atoms with Crippen molar-refractivity contribution in [1.82, 2.24) is 30.2 Å². The van der Waals surface area contributed by atoms with E-state index in [1.54, 1.807) is 28.0 Å². The minimum atomic E-state index is -3.99. The van der Waals surface area contributed by atoms with Crippen LogP contribution >= 0.6 is 0 Å². The molecule has 5 aliphatic heterocycles. The highest BCUT2D eigenvalue weighted by atomic mass is 32.2. The topological polar surface area (TPSA) is 135 Å². The van der Waals surface area contributed by atoms with Crippen molar-refractivity contribution in [3.63, 3.8) is 0 Å². The van der Waals surface area contributed by atoms with Crippen molar-refractivity contribution in [2.45, 2.75) is 85.1 Å². The Kier molecular flexibility index (Phi) is 13.6. The van der Waals surface area contributed by atoms with E-state index in [4.69, 9.17) is 4.74 Å². The molecule has 2 aromatic carbocycles. The molecule has 13 nitrogen and oxygen atoms in total. The Hall–Kier alpha value is -4.35. The first-order valence-electron chi connectivity index (χ1n) is 22.8. The van der Waals surface area contributed by atoms with Crippen LogP contribution in [0.4, 0.5) is 28.4 Å². The molecule has 2 aromatic rings. The molecular weight excluding hydrogens is 836 g/mol. The van der Waals surface area contributed by atoms with Gasteiger partial charge in [0.2, 0.25) is 5.91 Å². The standard InChI is InChI=1S/C46H62F3N7O6S/c1-62-44(59)51-40-12-3-11-38(40)46(32-52-19-6-20-52,34-8-2-9-35(47)26-34)33-16-24-53(25-17-33)29-45(49)30-56(31-45)41-15-14-36(27-39(41)48)63(60,61)37-10-5-21-55(28-37)43(58)50-18-4-13-42(57)54-22-7-23-54/h2,4,8-9,13-15,26-27,33,37-38,40H,3,5-7,10-12,16-25,28-32H2,1H3,(H,50,58)(H,51,59)/b13-4+/t37-,38+,40+,46?/m1/s1. The van der Waals surface area contributed by atoms with Crippen molar-refractivity contribution in [2.75, 3.05) is 97.1 Å². The summed E-state index contributed by atoms with van der Waals surface area (Å²) in [4.78, 5) is 46.6. The van der Waals surface area contributed by atoms with Crippen molar-refractivity contribution in [2.24, 2.45) is 11.8 Å². The summed E-state index contributed by atoms with van der Waals surface area (Å²) in [6.07, 6.45) is 9.63. The second-order valence-electron chi connectivity index (χ2n) is 18.7. The number of alkyl carbamates (subject to hydrolysis) is 1. The lowest BCUT2D eigenvalue weighted by atomic mass is 9.57. The maximum absolute atomic E-state index is 16.4. The molecule has 8 rings (SSSR count). The van der Waals surface area contributed by atoms with Crippen LogP contribution in [-0.2, 0) is 24.8 Å². The van der Waals surface area contributed by atoms with E-state index in [2.05, 4.69) is 20.4 Å². The van der Waals surface area contributed by atoms with E-state index in [0.717, 1.165) is 89.3 Å². The maximum Gasteiger partial charge on any atom is 0.407 e. The molecule has 4 amide bonds. The molecule has 0 radical (unpaired) electrons. The molecule has 63 heavy (non-hydrogen) atoms. The first kappa shape index (κ1) is 45.2. The molecule has 6 aliphatic rings. The first-order valence-corrected chi connectivity index (χ1v) is 24.3. The zero-order valence-electron chi connectivity index (χ0n) is 36.3. The number of rotatable bonds is 14. The highest BCUT2D eigenvalue weighted by molar-refractivity contribution is 7.92. The highest BCUT2D eigenvalue weighted by Crippen LogP contribution is 2.52. The maximum atomic E-state index is 16.4. The third-order valence-electron chi connectivity index (χ3n) is 14.7. The third-order valence-corrected chi connectivity index (χ3v) is 16.9. The number of urea groups is 1. The number of methoxy groups -OCH3 is 1. The monoisotopic (exact) mass is 897 g/mol. The van der Waals surface area contributed by atoms with Crippen LogP contribution in [0.25, 0.3) is 0 Å². The van der Waals surface area contributed by atoms with E-state index in [9.17, 15) is 22.8 Å². The summed E-state index contributed by atoms with van der Waals surface area (Å²) in [5, 5.41) is 4.92. The van der Waals surface area contributed by atoms with E-state index < -0.39 is 44.1 Å². The van der Waals surface area contributed by atoms with Gasteiger partial charge < -0.3 is 35.0 Å². The van der Waals surface area contributed by atoms with Crippen molar-refractivity contribution in [3.8, 4) is 0 Å². The van der Waals surface area contributed by atoms with E-state index in [-0.39, 0.29) is 72.9 Å². The van der Waals surface area contributed by atoms with Gasteiger partial charge >= 0.3 is 12.1 Å². The summed E-state index contributed by atoms with van der Waals surface area (Å²) in [5.41, 5.74) is -0.930. The molecule has 2 N–H and O–H groups in total. The van der Waals surface area contributed by atoms with Crippen molar-refractivity contribution < 1.29 is 40.7 Å². The van der Waals surface area contributed by atoms with Crippen LogP contribution < -0.4 is 15.5 Å². The second-order valence-corrected chi connectivity index (χ2v) is 20.9. The normalized spacial score (nSPS) is 25.5. The number of benzene rings is 2. The van der Waals surface area contributed by atoms with Crippen molar-refractivity contribution >= 4 is 33.6 Å². The quantitative estimate of drug-likeness (QED) is 0.249. The van der Waals surface area contributed by atoms with Crippen molar-refractivity contribution in [1.29, 1.82) is 0 Å². The van der Waals surface area contributed by atoms with Gasteiger partial charge in [0.05, 0.1) is 36.0 Å². The first-order chi connectivity index (χ1) is 30.3. The van der Waals surface area contributed by atoms with Crippen LogP contribution in [0.2, 0.25) is 0 Å². The Balaban J connectivity index is 0.873. The predicted octanol–water partition coefficient (Wildman–Crippen LogP) is 5.11. The summed E-state index contributed by atoms with van der Waals surface area (Å²) in [5.74, 6) is -0.908. The van der Waals surface area contributed by atoms with Gasteiger partial charge in [-0.25, -0.2) is 31.2 Å². The minimum Gasteiger partial charge on any atom is -0.453 e. The fraction of sp³-hybridized carbons (Fsp3) is 0.630. The summed E-state index contributed by atoms with van der Waals surface area (Å²) in [6.45, 7) is 6.04. The second kappa shape index (κ2) is 19.0. The van der Waals surface area contributed by atoms with Crippen LogP contribution in [0, 0.1) is 23.5 Å². The smallest absolute Gasteiger partial charge is 0.407 e. The van der Waals surface area contributed by atoms with E-state index >= 15 is 13.2 Å². The molecule has 1 saturated carbocycles. The molecule has 0 spiro atoms. The number of hydrogen-bond donors (Lipinski definition) is 2. The Bertz CT molecular complexity index is 2130. The lowest BCUT2D eigenvalue weighted by Crippen LogP contribution is -2.65. The lowest BCUT2D eigenvalue weighted by Gasteiger charge is -2.54. The molecular formula is C46H62F3N7O6S. The molecule has 17 heteroatoms. The van der Waals surface area contributed by atoms with Gasteiger partial charge in [-0.2, -0.15) is 0 Å². The van der Waals surface area contributed by atoms with Gasteiger partial charge in [-0.15, -0.1) is 0 Å². The molecule has 0 bridgehead atoms. The number of amides is 4. The number of nitrogens with zero attached hydrogens (tertiary/aromatic N) is 5. The average Bonchev–Trinajstić information content (AvgIpc) is 3.69. The minimum absolute atomic E-state index is 0.0324. The number of anilines is 1. The SMILES string of the molecule is COC(=O)N[C@H]1CCC[C@@H]1C(CN1CCC1)(c1cccc(F)c1)C1CCN(CC2(F)CN(c3ccc(S(=O)(=O)[C@@H]4CCCN(C(=O)NC/C=C/C(=O)N5CCC5)C4)cc3F)C2)CC1. The van der Waals surface area contributed by atoms with Gasteiger partial charge in [0.15, 0.2) is 15.5 Å². The number of alkyl halides is 1. The molecule has 1 unspecified atom stereocenters. The molecule has 1 aliphatic carbocycles. The number of piperidine rings is 2. The summed E-state index contributed by atoms with van der Waals surface area (Å²) in [7, 11) is -2.62. The van der Waals surface area contributed by atoms with Gasteiger partial charge in [-0.1, -0.05) is 24.6 Å². The number of nitrogens with one attached hydrogen (secondary N) is 2. The van der Waals surface area contributed by atoms with E-state index in [0.29, 0.717) is 32.5 Å². The van der Waals surface area contributed by atoms with Crippen LogP contribution in [0.15, 0.2) is 59.5 Å². The summed E-state index contributed by atoms with van der Waals surface area (Å²) < 4.78 is 79.7. The zero-order chi connectivity index (χ0) is 44.4. The lowest BCUT2D eigenvalue weighted by molar-refractivity contribution is -0.129. The van der Waals surface area contributed by atoms with E-state index in [1.165, 1.54) is 36.3 Å². The van der Waals surface area contributed by atoms with Crippen LogP contribution in [0.3, 0.4) is 0 Å². The van der Waals surface area contributed by atoms with Crippen LogP contribution in [0.1, 0.15) is 63.4 Å². The third kappa shape index (κ3) is 9.70. The average molecular weight is 898 g/mol. The van der Waals surface area contributed by atoms with Crippen LogP contribution in [-0.4, -0.2) is 155 Å². The number of hydrogen-bond acceptors (Lipinski definition) is 9. The Morgan fingerprint density at radius 3 is 2.29 bits per heavy atom. The molecule has 5 saturated heterocycles. The van der Waals surface area contributed by atoms with Gasteiger partial charge in [0.25, 0.3) is 0 Å². The number of likely N-dealkylation sites (tertiary alicyclic amines) is 4. The van der Waals surface area contributed by atoms with Crippen LogP contribution in [0.5, 0.6) is 0 Å². The molecule has 4 atom stereocenters. The highest BCUT2D eigenvalue weighted by Gasteiger charge is 2.54. The number of ether oxygens (including phenoxy) is 1. The Morgan fingerprint density at radius 2 is 1.62 bits per heavy atom. The summed E-state index contributed by atoms with van der Waals surface area (Å²) >= 11 is 0. The van der Waals surface area contributed by atoms with E-state index in [1.807, 2.05) is 6.07 Å². The number of sulfone groups is 1. The van der Waals surface area contributed by atoms with Gasteiger partial charge in [-0.05, 0) is 125 Å². The zero-order valence-corrected chi connectivity index (χ0v) is 37.1. The number of carbonyl (C=O) groups excluding carboxylic acids is 3.